The summed E-state index contributed by atoms with van der Waals surface area (Å²) in [7, 11) is 4.02. The first-order chi connectivity index (χ1) is 10.7. The maximum absolute atomic E-state index is 4.34. The number of hydrogen-bond acceptors (Lipinski definition) is 4. The first-order valence-electron chi connectivity index (χ1n) is 7.65. The number of rotatable bonds is 6. The molecule has 2 heterocycles. The van der Waals surface area contributed by atoms with Crippen LogP contribution in [0, 0.1) is 0 Å². The highest BCUT2D eigenvalue weighted by Gasteiger charge is 2.07. The lowest BCUT2D eigenvalue weighted by Gasteiger charge is -2.15. The van der Waals surface area contributed by atoms with E-state index in [9.17, 15) is 0 Å². The van der Waals surface area contributed by atoms with Crippen molar-refractivity contribution < 1.29 is 0 Å². The number of aromatic nitrogens is 5. The van der Waals surface area contributed by atoms with Crippen molar-refractivity contribution in [2.45, 2.75) is 32.9 Å². The van der Waals surface area contributed by atoms with Crippen LogP contribution in [0.4, 0.5) is 0 Å². The fraction of sp³-hybridized carbons (Fsp3) is 0.438. The molecule has 0 atom stereocenters. The summed E-state index contributed by atoms with van der Waals surface area (Å²) in [6.45, 7) is 3.90. The third-order valence-electron chi connectivity index (χ3n) is 3.76. The predicted octanol–water partition coefficient (Wildman–Crippen LogP) is 2.28. The molecule has 0 aliphatic carbocycles. The van der Waals surface area contributed by atoms with Crippen molar-refractivity contribution >= 4 is 11.0 Å². The van der Waals surface area contributed by atoms with Crippen LogP contribution in [0.3, 0.4) is 0 Å². The first-order valence-corrected chi connectivity index (χ1v) is 7.65. The minimum Gasteiger partial charge on any atom is -0.296 e. The van der Waals surface area contributed by atoms with E-state index in [1.165, 1.54) is 5.56 Å². The molecular formula is C16H22N6. The van der Waals surface area contributed by atoms with Gasteiger partial charge in [0.1, 0.15) is 5.52 Å². The van der Waals surface area contributed by atoms with Crippen LogP contribution in [0.15, 0.2) is 24.3 Å². The molecule has 0 saturated heterocycles. The highest BCUT2D eigenvalue weighted by Crippen LogP contribution is 2.14. The van der Waals surface area contributed by atoms with Gasteiger partial charge in [0.15, 0.2) is 0 Å². The molecule has 0 unspecified atom stereocenters. The number of hydrogen-bond donors (Lipinski definition) is 1. The van der Waals surface area contributed by atoms with E-state index in [0.717, 1.165) is 48.4 Å². The van der Waals surface area contributed by atoms with E-state index in [0.29, 0.717) is 0 Å². The van der Waals surface area contributed by atoms with Crippen LogP contribution in [0.2, 0.25) is 0 Å². The van der Waals surface area contributed by atoms with Gasteiger partial charge >= 0.3 is 0 Å². The Morgan fingerprint density at radius 1 is 1.23 bits per heavy atom. The van der Waals surface area contributed by atoms with Crippen molar-refractivity contribution in [3.63, 3.8) is 0 Å². The fourth-order valence-electron chi connectivity index (χ4n) is 2.72. The van der Waals surface area contributed by atoms with Crippen molar-refractivity contribution in [3.8, 4) is 0 Å². The molecule has 1 N–H and O–H groups in total. The Hall–Kier alpha value is -2.21. The summed E-state index contributed by atoms with van der Waals surface area (Å²) >= 11 is 0. The van der Waals surface area contributed by atoms with Crippen LogP contribution in [0.25, 0.3) is 11.0 Å². The van der Waals surface area contributed by atoms with Gasteiger partial charge in [-0.25, -0.2) is 4.68 Å². The van der Waals surface area contributed by atoms with Crippen LogP contribution in [-0.2, 0) is 26.6 Å². The number of aryl methyl sites for hydroxylation is 2. The van der Waals surface area contributed by atoms with E-state index in [1.807, 2.05) is 7.05 Å². The zero-order valence-electron chi connectivity index (χ0n) is 13.4. The van der Waals surface area contributed by atoms with Crippen LogP contribution < -0.4 is 0 Å². The molecule has 0 aliphatic rings. The summed E-state index contributed by atoms with van der Waals surface area (Å²) < 4.78 is 1.79. The third kappa shape index (κ3) is 3.17. The van der Waals surface area contributed by atoms with Gasteiger partial charge in [0.2, 0.25) is 0 Å². The van der Waals surface area contributed by atoms with Gasteiger partial charge in [-0.2, -0.15) is 5.10 Å². The number of H-pyrrole nitrogens is 1. The Morgan fingerprint density at radius 3 is 2.91 bits per heavy atom. The van der Waals surface area contributed by atoms with E-state index in [-0.39, 0.29) is 0 Å². The Morgan fingerprint density at radius 2 is 2.09 bits per heavy atom. The average molecular weight is 298 g/mol. The SMILES string of the molecule is CCCc1cc(CN(C)Cc2ccc3c(c2)nnn3C)[nH]n1. The zero-order chi connectivity index (χ0) is 15.5. The van der Waals surface area contributed by atoms with Crippen LogP contribution in [-0.4, -0.2) is 37.1 Å². The van der Waals surface area contributed by atoms with Gasteiger partial charge in [-0.1, -0.05) is 24.6 Å². The molecule has 0 fully saturated rings. The number of nitrogens with zero attached hydrogens (tertiary/aromatic N) is 5. The second-order valence-electron chi connectivity index (χ2n) is 5.84. The summed E-state index contributed by atoms with van der Waals surface area (Å²) in [4.78, 5) is 2.26. The molecule has 22 heavy (non-hydrogen) atoms. The van der Waals surface area contributed by atoms with Crippen molar-refractivity contribution in [2.75, 3.05) is 7.05 Å². The van der Waals surface area contributed by atoms with Crippen molar-refractivity contribution in [1.29, 1.82) is 0 Å². The second-order valence-corrected chi connectivity index (χ2v) is 5.84. The molecule has 6 heteroatoms. The van der Waals surface area contributed by atoms with Crippen molar-refractivity contribution in [2.24, 2.45) is 7.05 Å². The molecule has 0 amide bonds. The Balaban J connectivity index is 1.65. The largest absolute Gasteiger partial charge is 0.296 e. The van der Waals surface area contributed by atoms with Crippen molar-refractivity contribution in [1.82, 2.24) is 30.1 Å². The van der Waals surface area contributed by atoms with Gasteiger partial charge in [-0.3, -0.25) is 10.00 Å². The van der Waals surface area contributed by atoms with Gasteiger partial charge in [-0.05, 0) is 37.2 Å². The summed E-state index contributed by atoms with van der Waals surface area (Å²) in [5.74, 6) is 0. The number of nitrogens with one attached hydrogen (secondary N) is 1. The van der Waals surface area contributed by atoms with E-state index < -0.39 is 0 Å². The Kier molecular flexibility index (Phi) is 4.20. The van der Waals surface area contributed by atoms with Gasteiger partial charge in [0.25, 0.3) is 0 Å². The Labute approximate surface area is 130 Å². The number of fused-ring (bicyclic) bond motifs is 1. The summed E-state index contributed by atoms with van der Waals surface area (Å²) in [6.07, 6.45) is 2.15. The third-order valence-corrected chi connectivity index (χ3v) is 3.76. The maximum Gasteiger partial charge on any atom is 0.113 e. The highest BCUT2D eigenvalue weighted by molar-refractivity contribution is 5.74. The standard InChI is InChI=1S/C16H22N6/c1-4-5-13-9-14(18-17-13)11-21(2)10-12-6-7-16-15(8-12)19-20-22(16)3/h6-9H,4-5,10-11H2,1-3H3,(H,17,18). The topological polar surface area (TPSA) is 62.6 Å². The molecule has 3 aromatic rings. The molecule has 3 rings (SSSR count). The Bertz CT molecular complexity index is 757. The molecule has 116 valence electrons. The summed E-state index contributed by atoms with van der Waals surface area (Å²) in [5.41, 5.74) is 5.55. The average Bonchev–Trinajstić information content (AvgIpc) is 3.07. The van der Waals surface area contributed by atoms with Crippen LogP contribution in [0.1, 0.15) is 30.3 Å². The number of aromatic amines is 1. The summed E-state index contributed by atoms with van der Waals surface area (Å²) in [6, 6.07) is 8.48. The summed E-state index contributed by atoms with van der Waals surface area (Å²) in [5, 5.41) is 15.7. The van der Waals surface area contributed by atoms with E-state index >= 15 is 0 Å². The van der Waals surface area contributed by atoms with Crippen LogP contribution in [0.5, 0.6) is 0 Å². The van der Waals surface area contributed by atoms with E-state index in [1.54, 1.807) is 4.68 Å². The van der Waals surface area contributed by atoms with Gasteiger partial charge < -0.3 is 0 Å². The number of benzene rings is 1. The maximum atomic E-state index is 4.34. The second kappa shape index (κ2) is 6.27. The molecular weight excluding hydrogens is 276 g/mol. The molecule has 0 aliphatic heterocycles. The smallest absolute Gasteiger partial charge is 0.113 e. The normalized spacial score (nSPS) is 11.6. The predicted molar refractivity (Wildman–Crippen MR) is 86.3 cm³/mol. The molecule has 6 nitrogen and oxygen atoms in total. The quantitative estimate of drug-likeness (QED) is 0.758. The molecule has 0 bridgehead atoms. The van der Waals surface area contributed by atoms with Gasteiger partial charge in [0, 0.05) is 25.8 Å². The molecule has 0 spiro atoms. The molecule has 2 aromatic heterocycles. The highest BCUT2D eigenvalue weighted by atomic mass is 15.4. The van der Waals surface area contributed by atoms with E-state index in [2.05, 4.69) is 63.6 Å². The van der Waals surface area contributed by atoms with Crippen LogP contribution >= 0.6 is 0 Å². The van der Waals surface area contributed by atoms with Gasteiger partial charge in [0.05, 0.1) is 11.2 Å². The minimum atomic E-state index is 0.856. The van der Waals surface area contributed by atoms with E-state index in [4.69, 9.17) is 0 Å². The van der Waals surface area contributed by atoms with Gasteiger partial charge in [-0.15, -0.1) is 5.10 Å². The lowest BCUT2D eigenvalue weighted by atomic mass is 10.2. The molecule has 0 radical (unpaired) electrons. The molecule has 1 aromatic carbocycles. The lowest BCUT2D eigenvalue weighted by molar-refractivity contribution is 0.315. The monoisotopic (exact) mass is 298 g/mol. The first kappa shape index (κ1) is 14.7. The fourth-order valence-corrected chi connectivity index (χ4v) is 2.72. The zero-order valence-corrected chi connectivity index (χ0v) is 13.4. The lowest BCUT2D eigenvalue weighted by Crippen LogP contribution is -2.17. The molecule has 0 saturated carbocycles. The van der Waals surface area contributed by atoms with Crippen molar-refractivity contribution in [3.05, 3.63) is 41.2 Å². The minimum absolute atomic E-state index is 0.856.